The van der Waals surface area contributed by atoms with E-state index in [4.69, 9.17) is 0 Å². The molecule has 0 saturated carbocycles. The zero-order chi connectivity index (χ0) is 11.5. The monoisotopic (exact) mass is 216 g/mol. The van der Waals surface area contributed by atoms with E-state index >= 15 is 0 Å². The lowest BCUT2D eigenvalue weighted by Crippen LogP contribution is -1.84. The molecule has 0 aliphatic carbocycles. The summed E-state index contributed by atoms with van der Waals surface area (Å²) in [5.74, 6) is 6.72. The van der Waals surface area contributed by atoms with Crippen molar-refractivity contribution in [2.75, 3.05) is 0 Å². The van der Waals surface area contributed by atoms with Gasteiger partial charge in [-0.05, 0) is 18.4 Å². The highest BCUT2D eigenvalue weighted by atomic mass is 14.8. The first-order valence-corrected chi connectivity index (χ1v) is 6.19. The third-order valence-corrected chi connectivity index (χ3v) is 2.42. The molecule has 2 heteroatoms. The Kier molecular flexibility index (Phi) is 7.08. The number of hydrogen-bond acceptors (Lipinski definition) is 2. The van der Waals surface area contributed by atoms with Crippen LogP contribution in [0.3, 0.4) is 0 Å². The number of rotatable bonds is 6. The van der Waals surface area contributed by atoms with E-state index in [-0.39, 0.29) is 0 Å². The largest absolute Gasteiger partial charge is 0.229 e. The summed E-state index contributed by atoms with van der Waals surface area (Å²) < 4.78 is 0. The minimum Gasteiger partial charge on any atom is -0.229 e. The average Bonchev–Trinajstić information content (AvgIpc) is 2.34. The summed E-state index contributed by atoms with van der Waals surface area (Å²) in [7, 11) is 0. The molecule has 1 aromatic rings. The standard InChI is InChI=1S/C14H20N2/c1-2-3-4-5-6-7-8-9-11-14-15-12-10-13-16-14/h10,12-13H,2-8H2,1H3. The molecule has 1 heterocycles. The van der Waals surface area contributed by atoms with Crippen molar-refractivity contribution in [1.82, 2.24) is 9.97 Å². The maximum atomic E-state index is 4.05. The van der Waals surface area contributed by atoms with Crippen LogP contribution in [0.2, 0.25) is 0 Å². The van der Waals surface area contributed by atoms with Gasteiger partial charge in [-0.2, -0.15) is 0 Å². The topological polar surface area (TPSA) is 25.8 Å². The third-order valence-electron chi connectivity index (χ3n) is 2.42. The fourth-order valence-electron chi connectivity index (χ4n) is 1.50. The van der Waals surface area contributed by atoms with Crippen LogP contribution in [-0.4, -0.2) is 9.97 Å². The summed E-state index contributed by atoms with van der Waals surface area (Å²) in [5.41, 5.74) is 0. The number of hydrogen-bond donors (Lipinski definition) is 0. The Morgan fingerprint density at radius 1 is 1.00 bits per heavy atom. The van der Waals surface area contributed by atoms with Crippen molar-refractivity contribution in [1.29, 1.82) is 0 Å². The molecule has 0 radical (unpaired) electrons. The lowest BCUT2D eigenvalue weighted by Gasteiger charge is -1.96. The minimum absolute atomic E-state index is 0.633. The fraction of sp³-hybridized carbons (Fsp3) is 0.571. The van der Waals surface area contributed by atoms with E-state index in [0.717, 1.165) is 6.42 Å². The van der Waals surface area contributed by atoms with Crippen LogP contribution < -0.4 is 0 Å². The smallest absolute Gasteiger partial charge is 0.204 e. The molecule has 0 spiro atoms. The average molecular weight is 216 g/mol. The van der Waals surface area contributed by atoms with Crippen LogP contribution in [0.5, 0.6) is 0 Å². The van der Waals surface area contributed by atoms with E-state index in [1.165, 1.54) is 38.5 Å². The summed E-state index contributed by atoms with van der Waals surface area (Å²) in [4.78, 5) is 8.10. The molecular weight excluding hydrogens is 196 g/mol. The Balaban J connectivity index is 2.05. The van der Waals surface area contributed by atoms with Gasteiger partial charge in [0.05, 0.1) is 0 Å². The molecule has 0 aliphatic rings. The van der Waals surface area contributed by atoms with Crippen molar-refractivity contribution in [2.45, 2.75) is 51.9 Å². The molecule has 0 saturated heterocycles. The van der Waals surface area contributed by atoms with Crippen molar-refractivity contribution in [3.63, 3.8) is 0 Å². The van der Waals surface area contributed by atoms with Crippen molar-refractivity contribution in [2.24, 2.45) is 0 Å². The summed E-state index contributed by atoms with van der Waals surface area (Å²) in [5, 5.41) is 0. The molecule has 0 aliphatic heterocycles. The first-order valence-electron chi connectivity index (χ1n) is 6.19. The predicted octanol–water partition coefficient (Wildman–Crippen LogP) is 3.58. The molecule has 1 aromatic heterocycles. The SMILES string of the molecule is CCCCCCCCC#Cc1ncccn1. The van der Waals surface area contributed by atoms with Gasteiger partial charge in [0.1, 0.15) is 0 Å². The van der Waals surface area contributed by atoms with Gasteiger partial charge in [0.2, 0.25) is 5.82 Å². The second-order valence-electron chi connectivity index (χ2n) is 3.89. The van der Waals surface area contributed by atoms with E-state index in [1.54, 1.807) is 18.5 Å². The van der Waals surface area contributed by atoms with Crippen LogP contribution in [0, 0.1) is 11.8 Å². The van der Waals surface area contributed by atoms with Crippen LogP contribution >= 0.6 is 0 Å². The van der Waals surface area contributed by atoms with Crippen LogP contribution in [0.4, 0.5) is 0 Å². The van der Waals surface area contributed by atoms with Gasteiger partial charge in [-0.1, -0.05) is 44.9 Å². The molecule has 0 unspecified atom stereocenters. The first kappa shape index (κ1) is 12.7. The molecule has 0 aromatic carbocycles. The summed E-state index contributed by atoms with van der Waals surface area (Å²) >= 11 is 0. The van der Waals surface area contributed by atoms with Crippen molar-refractivity contribution in [3.05, 3.63) is 24.3 Å². The minimum atomic E-state index is 0.633. The highest BCUT2D eigenvalue weighted by molar-refractivity contribution is 5.19. The second-order valence-corrected chi connectivity index (χ2v) is 3.89. The van der Waals surface area contributed by atoms with Crippen LogP contribution in [0.1, 0.15) is 57.7 Å². The van der Waals surface area contributed by atoms with E-state index in [1.807, 2.05) is 0 Å². The zero-order valence-electron chi connectivity index (χ0n) is 10.1. The summed E-state index contributed by atoms with van der Waals surface area (Å²) in [6.07, 6.45) is 12.3. The number of unbranched alkanes of at least 4 members (excludes halogenated alkanes) is 6. The predicted molar refractivity (Wildman–Crippen MR) is 66.9 cm³/mol. The molecule has 1 rings (SSSR count). The Bertz CT molecular complexity index is 322. The van der Waals surface area contributed by atoms with Crippen molar-refractivity contribution < 1.29 is 0 Å². The molecule has 86 valence electrons. The van der Waals surface area contributed by atoms with Gasteiger partial charge in [-0.3, -0.25) is 0 Å². The molecule has 0 atom stereocenters. The quantitative estimate of drug-likeness (QED) is 0.536. The van der Waals surface area contributed by atoms with Gasteiger partial charge in [0.15, 0.2) is 0 Å². The fourth-order valence-corrected chi connectivity index (χ4v) is 1.50. The van der Waals surface area contributed by atoms with E-state index < -0.39 is 0 Å². The maximum absolute atomic E-state index is 4.05. The number of aromatic nitrogens is 2. The molecule has 0 bridgehead atoms. The van der Waals surface area contributed by atoms with Gasteiger partial charge < -0.3 is 0 Å². The van der Waals surface area contributed by atoms with Crippen molar-refractivity contribution >= 4 is 0 Å². The molecule has 2 nitrogen and oxygen atoms in total. The molecule has 0 amide bonds. The summed E-state index contributed by atoms with van der Waals surface area (Å²) in [6, 6.07) is 1.80. The Morgan fingerprint density at radius 3 is 2.44 bits per heavy atom. The van der Waals surface area contributed by atoms with Gasteiger partial charge in [-0.25, -0.2) is 9.97 Å². The Morgan fingerprint density at radius 2 is 1.69 bits per heavy atom. The van der Waals surface area contributed by atoms with Crippen LogP contribution in [-0.2, 0) is 0 Å². The molecular formula is C14H20N2. The first-order chi connectivity index (χ1) is 7.93. The normalized spacial score (nSPS) is 9.56. The lowest BCUT2D eigenvalue weighted by molar-refractivity contribution is 0.614. The van der Waals surface area contributed by atoms with Gasteiger partial charge in [0.25, 0.3) is 0 Å². The number of nitrogens with zero attached hydrogens (tertiary/aromatic N) is 2. The highest BCUT2D eigenvalue weighted by Crippen LogP contribution is 2.06. The van der Waals surface area contributed by atoms with E-state index in [2.05, 4.69) is 28.7 Å². The third kappa shape index (κ3) is 6.19. The van der Waals surface area contributed by atoms with Gasteiger partial charge in [-0.15, -0.1) is 0 Å². The van der Waals surface area contributed by atoms with Gasteiger partial charge >= 0.3 is 0 Å². The maximum Gasteiger partial charge on any atom is 0.204 e. The van der Waals surface area contributed by atoms with Gasteiger partial charge in [0, 0.05) is 18.8 Å². The molecule has 0 fully saturated rings. The van der Waals surface area contributed by atoms with Crippen LogP contribution in [0.15, 0.2) is 18.5 Å². The Labute approximate surface area is 98.5 Å². The Hall–Kier alpha value is -1.36. The molecule has 0 N–H and O–H groups in total. The van der Waals surface area contributed by atoms with Crippen LogP contribution in [0.25, 0.3) is 0 Å². The lowest BCUT2D eigenvalue weighted by atomic mass is 10.1. The molecule has 16 heavy (non-hydrogen) atoms. The van der Waals surface area contributed by atoms with E-state index in [9.17, 15) is 0 Å². The summed E-state index contributed by atoms with van der Waals surface area (Å²) in [6.45, 7) is 2.24. The highest BCUT2D eigenvalue weighted by Gasteiger charge is 1.88. The van der Waals surface area contributed by atoms with Crippen molar-refractivity contribution in [3.8, 4) is 11.8 Å². The second kappa shape index (κ2) is 8.91. The zero-order valence-corrected chi connectivity index (χ0v) is 10.1. The van der Waals surface area contributed by atoms with E-state index in [0.29, 0.717) is 5.82 Å².